The number of halogens is 2. The third kappa shape index (κ3) is 5.61. The van der Waals surface area contributed by atoms with E-state index in [9.17, 15) is 13.6 Å². The van der Waals surface area contributed by atoms with E-state index in [0.717, 1.165) is 11.1 Å². The van der Waals surface area contributed by atoms with Crippen LogP contribution in [0.3, 0.4) is 0 Å². The lowest BCUT2D eigenvalue weighted by atomic mass is 10.2. The number of hydrogen-bond acceptors (Lipinski definition) is 2. The van der Waals surface area contributed by atoms with Crippen LogP contribution >= 0.6 is 0 Å². The van der Waals surface area contributed by atoms with Crippen molar-refractivity contribution < 1.29 is 13.6 Å². The molecule has 0 heterocycles. The zero-order valence-electron chi connectivity index (χ0n) is 12.1. The lowest BCUT2D eigenvalue weighted by molar-refractivity contribution is -0.121. The maximum atomic E-state index is 12.7. The molecule has 2 aromatic carbocycles. The Bertz CT molecular complexity index is 597. The predicted octanol–water partition coefficient (Wildman–Crippen LogP) is 2.76. The van der Waals surface area contributed by atoms with Crippen LogP contribution < -0.4 is 10.6 Å². The molecule has 0 aliphatic rings. The van der Waals surface area contributed by atoms with E-state index in [0.29, 0.717) is 26.1 Å². The molecule has 0 atom stereocenters. The van der Waals surface area contributed by atoms with Crippen LogP contribution in [0.4, 0.5) is 8.78 Å². The van der Waals surface area contributed by atoms with Gasteiger partial charge >= 0.3 is 0 Å². The van der Waals surface area contributed by atoms with Gasteiger partial charge in [0.1, 0.15) is 11.6 Å². The minimum atomic E-state index is -0.292. The molecule has 0 aromatic heterocycles. The average molecular weight is 304 g/mol. The number of carbonyl (C=O) groups excluding carboxylic acids is 1. The Morgan fingerprint density at radius 1 is 0.818 bits per heavy atom. The third-order valence-corrected chi connectivity index (χ3v) is 3.17. The molecule has 116 valence electrons. The summed E-state index contributed by atoms with van der Waals surface area (Å²) in [5, 5.41) is 5.90. The highest BCUT2D eigenvalue weighted by atomic mass is 19.1. The minimum absolute atomic E-state index is 0.0732. The second kappa shape index (κ2) is 8.24. The van der Waals surface area contributed by atoms with Crippen LogP contribution in [0.1, 0.15) is 17.5 Å². The Morgan fingerprint density at radius 3 is 1.86 bits per heavy atom. The molecule has 0 aliphatic carbocycles. The SMILES string of the molecule is O=C(CCNCc1ccc(F)cc1)NCc1ccc(F)cc1. The number of hydrogen-bond donors (Lipinski definition) is 2. The molecule has 0 aliphatic heterocycles. The summed E-state index contributed by atoms with van der Waals surface area (Å²) in [4.78, 5) is 11.7. The van der Waals surface area contributed by atoms with Crippen molar-refractivity contribution in [2.75, 3.05) is 6.54 Å². The van der Waals surface area contributed by atoms with Gasteiger partial charge in [0.25, 0.3) is 0 Å². The maximum Gasteiger partial charge on any atom is 0.221 e. The smallest absolute Gasteiger partial charge is 0.221 e. The van der Waals surface area contributed by atoms with Crippen LogP contribution in [-0.2, 0) is 17.9 Å². The van der Waals surface area contributed by atoms with Crippen LogP contribution in [0.2, 0.25) is 0 Å². The van der Waals surface area contributed by atoms with Gasteiger partial charge in [0.05, 0.1) is 0 Å². The van der Waals surface area contributed by atoms with Crippen LogP contribution in [0.5, 0.6) is 0 Å². The van der Waals surface area contributed by atoms with Crippen molar-refractivity contribution in [3.63, 3.8) is 0 Å². The fraction of sp³-hybridized carbons (Fsp3) is 0.235. The lowest BCUT2D eigenvalue weighted by Gasteiger charge is -2.07. The molecule has 2 aromatic rings. The van der Waals surface area contributed by atoms with Crippen LogP contribution in [0.25, 0.3) is 0 Å². The first-order chi connectivity index (χ1) is 10.6. The summed E-state index contributed by atoms with van der Waals surface area (Å²) >= 11 is 0. The molecular weight excluding hydrogens is 286 g/mol. The van der Waals surface area contributed by atoms with E-state index in [1.807, 2.05) is 0 Å². The summed E-state index contributed by atoms with van der Waals surface area (Å²) in [6.07, 6.45) is 0.350. The number of amides is 1. The summed E-state index contributed by atoms with van der Waals surface area (Å²) < 4.78 is 25.5. The first-order valence-corrected chi connectivity index (χ1v) is 7.10. The molecule has 22 heavy (non-hydrogen) atoms. The fourth-order valence-corrected chi connectivity index (χ4v) is 1.93. The van der Waals surface area contributed by atoms with Gasteiger partial charge in [-0.2, -0.15) is 0 Å². The Hall–Kier alpha value is -2.27. The second-order valence-electron chi connectivity index (χ2n) is 4.96. The van der Waals surface area contributed by atoms with Gasteiger partial charge in [0.2, 0.25) is 5.91 Å². The van der Waals surface area contributed by atoms with Gasteiger partial charge in [-0.1, -0.05) is 24.3 Å². The van der Waals surface area contributed by atoms with Gasteiger partial charge < -0.3 is 10.6 Å². The molecule has 0 saturated heterocycles. The molecule has 0 unspecified atom stereocenters. The number of rotatable bonds is 7. The Labute approximate surface area is 128 Å². The van der Waals surface area contributed by atoms with Crippen molar-refractivity contribution in [3.05, 3.63) is 71.3 Å². The van der Waals surface area contributed by atoms with Gasteiger partial charge in [0.15, 0.2) is 0 Å². The highest BCUT2D eigenvalue weighted by molar-refractivity contribution is 5.76. The van der Waals surface area contributed by atoms with E-state index >= 15 is 0 Å². The van der Waals surface area contributed by atoms with Crippen molar-refractivity contribution >= 4 is 5.91 Å². The van der Waals surface area contributed by atoms with Gasteiger partial charge in [-0.05, 0) is 35.4 Å². The molecule has 3 nitrogen and oxygen atoms in total. The van der Waals surface area contributed by atoms with Gasteiger partial charge in [0, 0.05) is 26.1 Å². The first-order valence-electron chi connectivity index (χ1n) is 7.10. The van der Waals surface area contributed by atoms with Crippen LogP contribution in [-0.4, -0.2) is 12.5 Å². The monoisotopic (exact) mass is 304 g/mol. The summed E-state index contributed by atoms with van der Waals surface area (Å²) in [6.45, 7) is 1.51. The van der Waals surface area contributed by atoms with Crippen molar-refractivity contribution in [2.45, 2.75) is 19.5 Å². The van der Waals surface area contributed by atoms with Gasteiger partial charge in [-0.25, -0.2) is 8.78 Å². The van der Waals surface area contributed by atoms with Crippen molar-refractivity contribution in [3.8, 4) is 0 Å². The third-order valence-electron chi connectivity index (χ3n) is 3.17. The Kier molecular flexibility index (Phi) is 6.03. The largest absolute Gasteiger partial charge is 0.352 e. The van der Waals surface area contributed by atoms with E-state index in [1.165, 1.54) is 24.3 Å². The molecule has 2 rings (SSSR count). The summed E-state index contributed by atoms with van der Waals surface area (Å²) in [6, 6.07) is 12.2. The molecule has 0 fully saturated rings. The number of benzene rings is 2. The fourth-order valence-electron chi connectivity index (χ4n) is 1.93. The first kappa shape index (κ1) is 16.1. The molecule has 2 N–H and O–H groups in total. The quantitative estimate of drug-likeness (QED) is 0.772. The minimum Gasteiger partial charge on any atom is -0.352 e. The normalized spacial score (nSPS) is 10.5. The van der Waals surface area contributed by atoms with Gasteiger partial charge in [-0.3, -0.25) is 4.79 Å². The van der Waals surface area contributed by atoms with E-state index < -0.39 is 0 Å². The van der Waals surface area contributed by atoms with E-state index in [-0.39, 0.29) is 17.5 Å². The average Bonchev–Trinajstić information content (AvgIpc) is 2.53. The van der Waals surface area contributed by atoms with E-state index in [4.69, 9.17) is 0 Å². The number of carbonyl (C=O) groups is 1. The summed E-state index contributed by atoms with van der Waals surface area (Å²) in [5.74, 6) is -0.625. The highest BCUT2D eigenvalue weighted by Gasteiger charge is 2.01. The maximum absolute atomic E-state index is 12.7. The highest BCUT2D eigenvalue weighted by Crippen LogP contribution is 2.03. The van der Waals surface area contributed by atoms with E-state index in [1.54, 1.807) is 24.3 Å². The van der Waals surface area contributed by atoms with Gasteiger partial charge in [-0.15, -0.1) is 0 Å². The molecule has 0 radical (unpaired) electrons. The zero-order valence-corrected chi connectivity index (χ0v) is 12.1. The molecule has 0 spiro atoms. The van der Waals surface area contributed by atoms with Crippen LogP contribution in [0.15, 0.2) is 48.5 Å². The van der Waals surface area contributed by atoms with Crippen molar-refractivity contribution in [2.24, 2.45) is 0 Å². The topological polar surface area (TPSA) is 41.1 Å². The Balaban J connectivity index is 1.61. The molecule has 1 amide bonds. The molecular formula is C17H18F2N2O. The van der Waals surface area contributed by atoms with Crippen LogP contribution in [0, 0.1) is 11.6 Å². The molecule has 5 heteroatoms. The second-order valence-corrected chi connectivity index (χ2v) is 4.96. The number of nitrogens with one attached hydrogen (secondary N) is 2. The molecule has 0 saturated carbocycles. The molecule has 0 bridgehead atoms. The lowest BCUT2D eigenvalue weighted by Crippen LogP contribution is -2.27. The standard InChI is InChI=1S/C17H18F2N2O/c18-15-5-1-13(2-6-15)11-20-10-9-17(22)21-12-14-3-7-16(19)8-4-14/h1-8,20H,9-12H2,(H,21,22). The summed E-state index contributed by atoms with van der Waals surface area (Å²) in [5.41, 5.74) is 1.82. The summed E-state index contributed by atoms with van der Waals surface area (Å²) in [7, 11) is 0. The predicted molar refractivity (Wildman–Crippen MR) is 81.0 cm³/mol. The van der Waals surface area contributed by atoms with E-state index in [2.05, 4.69) is 10.6 Å². The van der Waals surface area contributed by atoms with Crippen molar-refractivity contribution in [1.82, 2.24) is 10.6 Å². The van der Waals surface area contributed by atoms with Crippen molar-refractivity contribution in [1.29, 1.82) is 0 Å². The zero-order chi connectivity index (χ0) is 15.8. The Morgan fingerprint density at radius 2 is 1.32 bits per heavy atom.